The van der Waals surface area contributed by atoms with E-state index in [0.29, 0.717) is 5.56 Å². The molecule has 0 atom stereocenters. The van der Waals surface area contributed by atoms with Crippen molar-refractivity contribution in [2.75, 3.05) is 26.0 Å². The van der Waals surface area contributed by atoms with Crippen LogP contribution in [0.15, 0.2) is 48.5 Å². The fourth-order valence-electron chi connectivity index (χ4n) is 2.36. The van der Waals surface area contributed by atoms with E-state index in [9.17, 15) is 4.79 Å². The van der Waals surface area contributed by atoms with Crippen molar-refractivity contribution in [3.8, 4) is 0 Å². The van der Waals surface area contributed by atoms with Crippen LogP contribution in [0.4, 0.5) is 5.69 Å². The van der Waals surface area contributed by atoms with Crippen LogP contribution in [0.2, 0.25) is 0 Å². The van der Waals surface area contributed by atoms with E-state index in [4.69, 9.17) is 5.11 Å². The van der Waals surface area contributed by atoms with Gasteiger partial charge in [-0.3, -0.25) is 4.90 Å². The topological polar surface area (TPSA) is 43.8 Å². The SMILES string of the molecule is CN(Cc1ccc(C(=O)O)cc1)Cc1cccc(N(C)C)c1. The van der Waals surface area contributed by atoms with Crippen LogP contribution in [0, 0.1) is 0 Å². The summed E-state index contributed by atoms with van der Waals surface area (Å²) in [7, 11) is 6.13. The lowest BCUT2D eigenvalue weighted by molar-refractivity contribution is 0.0697. The third kappa shape index (κ3) is 4.33. The van der Waals surface area contributed by atoms with Crippen LogP contribution in [-0.4, -0.2) is 37.1 Å². The maximum absolute atomic E-state index is 10.8. The second kappa shape index (κ2) is 7.09. The number of rotatable bonds is 6. The van der Waals surface area contributed by atoms with Gasteiger partial charge in [0.25, 0.3) is 0 Å². The number of aromatic carboxylic acids is 1. The molecule has 1 N–H and O–H groups in total. The summed E-state index contributed by atoms with van der Waals surface area (Å²) in [6.07, 6.45) is 0. The normalized spacial score (nSPS) is 10.7. The molecule has 0 heterocycles. The molecule has 4 nitrogen and oxygen atoms in total. The molecule has 0 radical (unpaired) electrons. The average Bonchev–Trinajstić information content (AvgIpc) is 2.47. The zero-order valence-corrected chi connectivity index (χ0v) is 13.3. The molecule has 0 aliphatic carbocycles. The molecule has 2 rings (SSSR count). The molecule has 22 heavy (non-hydrogen) atoms. The van der Waals surface area contributed by atoms with E-state index in [0.717, 1.165) is 18.7 Å². The second-order valence-electron chi connectivity index (χ2n) is 5.74. The quantitative estimate of drug-likeness (QED) is 0.890. The van der Waals surface area contributed by atoms with Gasteiger partial charge in [0.2, 0.25) is 0 Å². The minimum Gasteiger partial charge on any atom is -0.478 e. The Hall–Kier alpha value is -2.33. The summed E-state index contributed by atoms with van der Waals surface area (Å²) >= 11 is 0. The Morgan fingerprint density at radius 2 is 1.59 bits per heavy atom. The summed E-state index contributed by atoms with van der Waals surface area (Å²) < 4.78 is 0. The Morgan fingerprint density at radius 3 is 2.18 bits per heavy atom. The second-order valence-corrected chi connectivity index (χ2v) is 5.74. The molecular weight excluding hydrogens is 276 g/mol. The van der Waals surface area contributed by atoms with Crippen LogP contribution in [0.1, 0.15) is 21.5 Å². The van der Waals surface area contributed by atoms with Gasteiger partial charge in [0.15, 0.2) is 0 Å². The van der Waals surface area contributed by atoms with Crippen molar-refractivity contribution in [3.05, 3.63) is 65.2 Å². The molecule has 0 fully saturated rings. The van der Waals surface area contributed by atoms with Crippen LogP contribution in [0.3, 0.4) is 0 Å². The summed E-state index contributed by atoms with van der Waals surface area (Å²) in [4.78, 5) is 15.2. The summed E-state index contributed by atoms with van der Waals surface area (Å²) in [5, 5.41) is 8.91. The minimum absolute atomic E-state index is 0.324. The van der Waals surface area contributed by atoms with Crippen LogP contribution in [0.25, 0.3) is 0 Å². The maximum atomic E-state index is 10.8. The molecule has 0 spiro atoms. The molecule has 2 aromatic rings. The predicted molar refractivity (Wildman–Crippen MR) is 89.3 cm³/mol. The van der Waals surface area contributed by atoms with E-state index < -0.39 is 5.97 Å². The first-order chi connectivity index (χ1) is 10.5. The smallest absolute Gasteiger partial charge is 0.335 e. The molecule has 0 unspecified atom stereocenters. The lowest BCUT2D eigenvalue weighted by Gasteiger charge is -2.19. The summed E-state index contributed by atoms with van der Waals surface area (Å²) in [6, 6.07) is 15.5. The van der Waals surface area contributed by atoms with Crippen LogP contribution in [0.5, 0.6) is 0 Å². The number of carboxylic acid groups (broad SMARTS) is 1. The Morgan fingerprint density at radius 1 is 0.955 bits per heavy atom. The van der Waals surface area contributed by atoms with Crippen LogP contribution < -0.4 is 4.90 Å². The van der Waals surface area contributed by atoms with Gasteiger partial charge in [-0.05, 0) is 42.4 Å². The molecule has 0 saturated heterocycles. The molecular formula is C18H22N2O2. The van der Waals surface area contributed by atoms with E-state index in [1.54, 1.807) is 12.1 Å². The van der Waals surface area contributed by atoms with Gasteiger partial charge in [-0.15, -0.1) is 0 Å². The molecule has 0 aromatic heterocycles. The van der Waals surface area contributed by atoms with Gasteiger partial charge in [0.05, 0.1) is 5.56 Å². The Kier molecular flexibility index (Phi) is 5.17. The first kappa shape index (κ1) is 16.0. The number of hydrogen-bond acceptors (Lipinski definition) is 3. The Labute approximate surface area is 131 Å². The number of carbonyl (C=O) groups is 1. The fourth-order valence-corrected chi connectivity index (χ4v) is 2.36. The zero-order chi connectivity index (χ0) is 16.1. The molecule has 2 aromatic carbocycles. The van der Waals surface area contributed by atoms with Gasteiger partial charge >= 0.3 is 5.97 Å². The summed E-state index contributed by atoms with van der Waals surface area (Å²) in [5.41, 5.74) is 3.88. The minimum atomic E-state index is -0.889. The molecule has 0 aliphatic rings. The van der Waals surface area contributed by atoms with Crippen LogP contribution >= 0.6 is 0 Å². The lowest BCUT2D eigenvalue weighted by atomic mass is 10.1. The third-order valence-electron chi connectivity index (χ3n) is 3.53. The summed E-state index contributed by atoms with van der Waals surface area (Å²) in [6.45, 7) is 1.63. The van der Waals surface area contributed by atoms with E-state index in [1.807, 2.05) is 26.2 Å². The van der Waals surface area contributed by atoms with Gasteiger partial charge < -0.3 is 10.0 Å². The van der Waals surface area contributed by atoms with Crippen LogP contribution in [-0.2, 0) is 13.1 Å². The highest BCUT2D eigenvalue weighted by molar-refractivity contribution is 5.87. The van der Waals surface area contributed by atoms with E-state index in [-0.39, 0.29) is 0 Å². The van der Waals surface area contributed by atoms with E-state index in [2.05, 4.69) is 41.1 Å². The molecule has 0 aliphatic heterocycles. The van der Waals surface area contributed by atoms with Gasteiger partial charge in [-0.2, -0.15) is 0 Å². The summed E-state index contributed by atoms with van der Waals surface area (Å²) in [5.74, 6) is -0.889. The zero-order valence-electron chi connectivity index (χ0n) is 13.3. The van der Waals surface area contributed by atoms with Crippen molar-refractivity contribution >= 4 is 11.7 Å². The fraction of sp³-hybridized carbons (Fsp3) is 0.278. The van der Waals surface area contributed by atoms with Gasteiger partial charge in [-0.1, -0.05) is 24.3 Å². The monoisotopic (exact) mass is 298 g/mol. The third-order valence-corrected chi connectivity index (χ3v) is 3.53. The van der Waals surface area contributed by atoms with Crippen molar-refractivity contribution in [3.63, 3.8) is 0 Å². The first-order valence-electron chi connectivity index (χ1n) is 7.23. The van der Waals surface area contributed by atoms with Gasteiger partial charge in [-0.25, -0.2) is 4.79 Å². The number of hydrogen-bond donors (Lipinski definition) is 1. The molecule has 0 saturated carbocycles. The molecule has 0 amide bonds. The van der Waals surface area contributed by atoms with Crippen molar-refractivity contribution in [2.45, 2.75) is 13.1 Å². The highest BCUT2D eigenvalue weighted by Gasteiger charge is 2.05. The highest BCUT2D eigenvalue weighted by Crippen LogP contribution is 2.15. The number of benzene rings is 2. The predicted octanol–water partition coefficient (Wildman–Crippen LogP) is 3.08. The first-order valence-corrected chi connectivity index (χ1v) is 7.23. The standard InChI is InChI=1S/C18H22N2O2/c1-19(2)17-6-4-5-15(11-17)13-20(3)12-14-7-9-16(10-8-14)18(21)22/h4-11H,12-13H2,1-3H3,(H,21,22). The van der Waals surface area contributed by atoms with Crippen molar-refractivity contribution in [1.82, 2.24) is 4.90 Å². The average molecular weight is 298 g/mol. The van der Waals surface area contributed by atoms with E-state index >= 15 is 0 Å². The lowest BCUT2D eigenvalue weighted by Crippen LogP contribution is -2.17. The highest BCUT2D eigenvalue weighted by atomic mass is 16.4. The van der Waals surface area contributed by atoms with Crippen molar-refractivity contribution in [2.24, 2.45) is 0 Å². The number of nitrogens with zero attached hydrogens (tertiary/aromatic N) is 2. The van der Waals surface area contributed by atoms with Gasteiger partial charge in [0.1, 0.15) is 0 Å². The van der Waals surface area contributed by atoms with Gasteiger partial charge in [0, 0.05) is 32.9 Å². The maximum Gasteiger partial charge on any atom is 0.335 e. The number of carboxylic acids is 1. The van der Waals surface area contributed by atoms with Crippen molar-refractivity contribution < 1.29 is 9.90 Å². The molecule has 0 bridgehead atoms. The Balaban J connectivity index is 1.99. The largest absolute Gasteiger partial charge is 0.478 e. The van der Waals surface area contributed by atoms with Crippen molar-refractivity contribution in [1.29, 1.82) is 0 Å². The van der Waals surface area contributed by atoms with E-state index in [1.165, 1.54) is 11.3 Å². The molecule has 4 heteroatoms. The Bertz CT molecular complexity index is 636. The molecule has 116 valence electrons. The number of anilines is 1.